The summed E-state index contributed by atoms with van der Waals surface area (Å²) in [6.45, 7) is 0. The molecule has 3 aromatic rings. The normalized spacial score (nSPS) is 10.8. The summed E-state index contributed by atoms with van der Waals surface area (Å²) < 4.78 is 6.54. The van der Waals surface area contributed by atoms with Crippen molar-refractivity contribution in [2.24, 2.45) is 7.05 Å². The van der Waals surface area contributed by atoms with Gasteiger partial charge in [0.05, 0.1) is 7.11 Å². The predicted molar refractivity (Wildman–Crippen MR) is 79.7 cm³/mol. The summed E-state index contributed by atoms with van der Waals surface area (Å²) in [7, 11) is 3.17. The molecule has 2 aromatic heterocycles. The van der Waals surface area contributed by atoms with E-state index in [1.807, 2.05) is 41.9 Å². The largest absolute Gasteiger partial charge is 0.465 e. The number of carbonyl (C=O) groups is 1. The number of rotatable bonds is 2. The van der Waals surface area contributed by atoms with E-state index in [0.29, 0.717) is 11.2 Å². The first-order valence-electron chi connectivity index (χ1n) is 6.38. The summed E-state index contributed by atoms with van der Waals surface area (Å²) in [4.78, 5) is 20.5. The van der Waals surface area contributed by atoms with E-state index in [4.69, 9.17) is 10.5 Å². The highest BCUT2D eigenvalue weighted by molar-refractivity contribution is 5.97. The van der Waals surface area contributed by atoms with Gasteiger partial charge in [0.25, 0.3) is 0 Å². The van der Waals surface area contributed by atoms with E-state index in [9.17, 15) is 4.79 Å². The molecule has 2 heterocycles. The molecule has 0 saturated carbocycles. The number of anilines is 1. The van der Waals surface area contributed by atoms with Crippen molar-refractivity contribution in [3.05, 3.63) is 42.0 Å². The van der Waals surface area contributed by atoms with E-state index in [2.05, 4.69) is 9.97 Å². The minimum atomic E-state index is -0.520. The van der Waals surface area contributed by atoms with Crippen molar-refractivity contribution >= 4 is 23.0 Å². The molecular weight excluding hydrogens is 268 g/mol. The molecule has 2 N–H and O–H groups in total. The summed E-state index contributed by atoms with van der Waals surface area (Å²) in [6.07, 6.45) is 0. The number of aromatic nitrogens is 3. The highest BCUT2D eigenvalue weighted by Gasteiger charge is 2.17. The Morgan fingerprint density at radius 2 is 1.95 bits per heavy atom. The summed E-state index contributed by atoms with van der Waals surface area (Å²) in [6, 6.07) is 11.4. The number of methoxy groups -OCH3 is 1. The number of carbonyl (C=O) groups excluding carboxylic acids is 1. The number of benzene rings is 1. The van der Waals surface area contributed by atoms with Crippen molar-refractivity contribution < 1.29 is 9.53 Å². The van der Waals surface area contributed by atoms with Crippen LogP contribution in [-0.4, -0.2) is 27.6 Å². The lowest BCUT2D eigenvalue weighted by Gasteiger charge is -2.04. The Balaban J connectivity index is 2.23. The van der Waals surface area contributed by atoms with Crippen molar-refractivity contribution in [3.8, 4) is 11.4 Å². The molecule has 1 aromatic carbocycles. The number of nitrogens with zero attached hydrogens (tertiary/aromatic N) is 3. The molecule has 3 rings (SSSR count). The first-order chi connectivity index (χ1) is 10.1. The van der Waals surface area contributed by atoms with E-state index in [0.717, 1.165) is 11.4 Å². The molecule has 0 aliphatic heterocycles. The number of pyridine rings is 1. The Morgan fingerprint density at radius 1 is 1.24 bits per heavy atom. The molecule has 0 amide bonds. The number of esters is 1. The molecule has 0 unspecified atom stereocenters. The summed E-state index contributed by atoms with van der Waals surface area (Å²) in [5, 5.41) is 0. The molecule has 0 radical (unpaired) electrons. The van der Waals surface area contributed by atoms with Crippen LogP contribution in [0.1, 0.15) is 10.4 Å². The standard InChI is InChI=1S/C15H14N4O2/c1-19-13(9-6-4-3-5-7-9)17-11-8-10(15(20)21-2)12(16)18-14(11)19/h3-8H,1-2H3,(H2,16,18). The molecule has 0 fully saturated rings. The quantitative estimate of drug-likeness (QED) is 0.727. The first-order valence-corrected chi connectivity index (χ1v) is 6.38. The monoisotopic (exact) mass is 282 g/mol. The number of nitrogens with two attached hydrogens (primary N) is 1. The van der Waals surface area contributed by atoms with Crippen molar-refractivity contribution in [1.82, 2.24) is 14.5 Å². The van der Waals surface area contributed by atoms with Crippen LogP contribution >= 0.6 is 0 Å². The van der Waals surface area contributed by atoms with E-state index < -0.39 is 5.97 Å². The number of fused-ring (bicyclic) bond motifs is 1. The van der Waals surface area contributed by atoms with Crippen LogP contribution in [0, 0.1) is 0 Å². The zero-order valence-corrected chi connectivity index (χ0v) is 11.7. The molecule has 0 aliphatic carbocycles. The Hall–Kier alpha value is -2.89. The first kappa shape index (κ1) is 13.1. The second-order valence-electron chi connectivity index (χ2n) is 4.62. The lowest BCUT2D eigenvalue weighted by molar-refractivity contribution is 0.0602. The Labute approximate surface area is 121 Å². The van der Waals surface area contributed by atoms with Gasteiger partial charge in [-0.25, -0.2) is 14.8 Å². The van der Waals surface area contributed by atoms with Crippen LogP contribution in [0.15, 0.2) is 36.4 Å². The maximum atomic E-state index is 11.7. The second kappa shape index (κ2) is 4.90. The molecular formula is C15H14N4O2. The van der Waals surface area contributed by atoms with Crippen molar-refractivity contribution in [3.63, 3.8) is 0 Å². The van der Waals surface area contributed by atoms with E-state index in [-0.39, 0.29) is 11.4 Å². The SMILES string of the molecule is COC(=O)c1cc2nc(-c3ccccc3)n(C)c2nc1N. The smallest absolute Gasteiger partial charge is 0.341 e. The van der Waals surface area contributed by atoms with Crippen LogP contribution in [0.5, 0.6) is 0 Å². The van der Waals surface area contributed by atoms with Crippen LogP contribution in [0.25, 0.3) is 22.6 Å². The van der Waals surface area contributed by atoms with Gasteiger partial charge in [-0.15, -0.1) is 0 Å². The average Bonchev–Trinajstić information content (AvgIpc) is 2.83. The molecule has 0 aliphatic rings. The van der Waals surface area contributed by atoms with Gasteiger partial charge >= 0.3 is 5.97 Å². The zero-order valence-electron chi connectivity index (χ0n) is 11.7. The molecule has 6 heteroatoms. The number of imidazole rings is 1. The number of hydrogen-bond donors (Lipinski definition) is 1. The van der Waals surface area contributed by atoms with Gasteiger partial charge in [0, 0.05) is 12.6 Å². The Morgan fingerprint density at radius 3 is 2.62 bits per heavy atom. The van der Waals surface area contributed by atoms with Crippen LogP contribution in [-0.2, 0) is 11.8 Å². The molecule has 0 spiro atoms. The fourth-order valence-electron chi connectivity index (χ4n) is 2.24. The molecule has 0 bridgehead atoms. The summed E-state index contributed by atoms with van der Waals surface area (Å²) in [5.74, 6) is 0.380. The molecule has 6 nitrogen and oxygen atoms in total. The number of aryl methyl sites for hydroxylation is 1. The zero-order chi connectivity index (χ0) is 15.0. The molecule has 106 valence electrons. The highest BCUT2D eigenvalue weighted by Crippen LogP contribution is 2.25. The average molecular weight is 282 g/mol. The third-order valence-corrected chi connectivity index (χ3v) is 3.31. The van der Waals surface area contributed by atoms with Crippen LogP contribution < -0.4 is 5.73 Å². The second-order valence-corrected chi connectivity index (χ2v) is 4.62. The number of hydrogen-bond acceptors (Lipinski definition) is 5. The van der Waals surface area contributed by atoms with Gasteiger partial charge in [0.1, 0.15) is 22.7 Å². The maximum Gasteiger partial charge on any atom is 0.341 e. The van der Waals surface area contributed by atoms with Crippen LogP contribution in [0.4, 0.5) is 5.82 Å². The van der Waals surface area contributed by atoms with Gasteiger partial charge in [0.15, 0.2) is 5.65 Å². The van der Waals surface area contributed by atoms with Gasteiger partial charge in [0.2, 0.25) is 0 Å². The summed E-state index contributed by atoms with van der Waals surface area (Å²) >= 11 is 0. The fourth-order valence-corrected chi connectivity index (χ4v) is 2.24. The van der Waals surface area contributed by atoms with Crippen molar-refractivity contribution in [1.29, 1.82) is 0 Å². The van der Waals surface area contributed by atoms with Crippen LogP contribution in [0.3, 0.4) is 0 Å². The lowest BCUT2D eigenvalue weighted by atomic mass is 10.2. The maximum absolute atomic E-state index is 11.7. The number of ether oxygens (including phenoxy) is 1. The third kappa shape index (κ3) is 2.10. The topological polar surface area (TPSA) is 83.0 Å². The minimum absolute atomic E-state index is 0.136. The van der Waals surface area contributed by atoms with Gasteiger partial charge < -0.3 is 15.0 Å². The van der Waals surface area contributed by atoms with Crippen LogP contribution in [0.2, 0.25) is 0 Å². The van der Waals surface area contributed by atoms with Crippen molar-refractivity contribution in [2.45, 2.75) is 0 Å². The summed E-state index contributed by atoms with van der Waals surface area (Å²) in [5.41, 5.74) is 8.25. The van der Waals surface area contributed by atoms with E-state index in [1.165, 1.54) is 7.11 Å². The number of nitrogen functional groups attached to an aromatic ring is 1. The van der Waals surface area contributed by atoms with Gasteiger partial charge in [-0.2, -0.15) is 0 Å². The Kier molecular flexibility index (Phi) is 3.06. The molecule has 0 atom stereocenters. The fraction of sp³-hybridized carbons (Fsp3) is 0.133. The molecule has 0 saturated heterocycles. The van der Waals surface area contributed by atoms with Crippen molar-refractivity contribution in [2.75, 3.05) is 12.8 Å². The van der Waals surface area contributed by atoms with E-state index in [1.54, 1.807) is 6.07 Å². The lowest BCUT2D eigenvalue weighted by Crippen LogP contribution is -2.07. The van der Waals surface area contributed by atoms with Gasteiger partial charge in [-0.05, 0) is 6.07 Å². The highest BCUT2D eigenvalue weighted by atomic mass is 16.5. The van der Waals surface area contributed by atoms with E-state index >= 15 is 0 Å². The van der Waals surface area contributed by atoms with Gasteiger partial charge in [-0.1, -0.05) is 30.3 Å². The molecule has 21 heavy (non-hydrogen) atoms. The predicted octanol–water partition coefficient (Wildman–Crippen LogP) is 2.00. The Bertz CT molecular complexity index is 825. The minimum Gasteiger partial charge on any atom is -0.465 e. The third-order valence-electron chi connectivity index (χ3n) is 3.31. The van der Waals surface area contributed by atoms with Gasteiger partial charge in [-0.3, -0.25) is 0 Å².